The summed E-state index contributed by atoms with van der Waals surface area (Å²) in [6.07, 6.45) is 1.71. The predicted molar refractivity (Wildman–Crippen MR) is 64.9 cm³/mol. The normalized spacial score (nSPS) is 10.2. The summed E-state index contributed by atoms with van der Waals surface area (Å²) in [7, 11) is 0. The number of aromatic nitrogens is 2. The highest BCUT2D eigenvalue weighted by Gasteiger charge is 2.00. The molecule has 2 rings (SSSR count). The molecule has 0 unspecified atom stereocenters. The van der Waals surface area contributed by atoms with E-state index in [1.807, 2.05) is 30.3 Å². The Morgan fingerprint density at radius 2 is 2.06 bits per heavy atom. The fourth-order valence-corrected chi connectivity index (χ4v) is 1.49. The predicted octanol–water partition coefficient (Wildman–Crippen LogP) is 0.652. The molecule has 0 saturated heterocycles. The second kappa shape index (κ2) is 5.27. The van der Waals surface area contributed by atoms with E-state index >= 15 is 0 Å². The molecule has 0 aliphatic carbocycles. The molecule has 88 valence electrons. The molecule has 0 aliphatic rings. The molecule has 5 nitrogen and oxygen atoms in total. The first kappa shape index (κ1) is 11.3. The summed E-state index contributed by atoms with van der Waals surface area (Å²) in [5.74, 6) is -0.150. The Balaban J connectivity index is 2.01. The van der Waals surface area contributed by atoms with Crippen molar-refractivity contribution in [2.75, 3.05) is 6.54 Å². The lowest BCUT2D eigenvalue weighted by molar-refractivity contribution is -0.119. The van der Waals surface area contributed by atoms with E-state index in [4.69, 9.17) is 5.73 Å². The molecule has 1 aromatic carbocycles. The Labute approximate surface area is 99.0 Å². The molecule has 17 heavy (non-hydrogen) atoms. The number of carbonyl (C=O) groups excluding carboxylic acids is 1. The molecule has 5 heteroatoms. The van der Waals surface area contributed by atoms with Gasteiger partial charge in [-0.3, -0.25) is 9.89 Å². The van der Waals surface area contributed by atoms with Gasteiger partial charge in [0, 0.05) is 12.7 Å². The van der Waals surface area contributed by atoms with Crippen LogP contribution >= 0.6 is 0 Å². The summed E-state index contributed by atoms with van der Waals surface area (Å²) in [5, 5.41) is 9.51. The summed E-state index contributed by atoms with van der Waals surface area (Å²) < 4.78 is 0. The zero-order valence-corrected chi connectivity index (χ0v) is 9.31. The maximum absolute atomic E-state index is 11.0. The summed E-state index contributed by atoms with van der Waals surface area (Å²) in [4.78, 5) is 11.0. The third kappa shape index (κ3) is 2.92. The monoisotopic (exact) mass is 230 g/mol. The number of rotatable bonds is 4. The smallest absolute Gasteiger partial charge is 0.234 e. The molecule has 1 heterocycles. The number of carbonyl (C=O) groups is 1. The Hall–Kier alpha value is -2.14. The number of amides is 1. The number of aromatic amines is 1. The van der Waals surface area contributed by atoms with E-state index in [0.717, 1.165) is 16.8 Å². The van der Waals surface area contributed by atoms with Gasteiger partial charge in [0.1, 0.15) is 0 Å². The second-order valence-electron chi connectivity index (χ2n) is 3.65. The van der Waals surface area contributed by atoms with Crippen molar-refractivity contribution in [1.82, 2.24) is 15.5 Å². The van der Waals surface area contributed by atoms with Gasteiger partial charge in [-0.1, -0.05) is 24.3 Å². The van der Waals surface area contributed by atoms with Crippen molar-refractivity contribution in [2.45, 2.75) is 6.54 Å². The SMILES string of the molecule is NCC(=O)NCc1ccc(-c2ccn[nH]2)cc1. The van der Waals surface area contributed by atoms with E-state index in [9.17, 15) is 4.79 Å². The molecule has 0 atom stereocenters. The lowest BCUT2D eigenvalue weighted by atomic mass is 10.1. The minimum absolute atomic E-state index is 0.0201. The van der Waals surface area contributed by atoms with Crippen molar-refractivity contribution < 1.29 is 4.79 Å². The molecule has 1 amide bonds. The molecule has 0 bridgehead atoms. The number of hydrogen-bond acceptors (Lipinski definition) is 3. The van der Waals surface area contributed by atoms with E-state index in [0.29, 0.717) is 6.54 Å². The quantitative estimate of drug-likeness (QED) is 0.721. The van der Waals surface area contributed by atoms with Crippen molar-refractivity contribution >= 4 is 5.91 Å². The van der Waals surface area contributed by atoms with Crippen LogP contribution in [-0.2, 0) is 11.3 Å². The first-order valence-corrected chi connectivity index (χ1v) is 5.35. The van der Waals surface area contributed by atoms with E-state index < -0.39 is 0 Å². The number of H-pyrrole nitrogens is 1. The zero-order valence-electron chi connectivity index (χ0n) is 9.31. The van der Waals surface area contributed by atoms with Crippen LogP contribution in [0.5, 0.6) is 0 Å². The fraction of sp³-hybridized carbons (Fsp3) is 0.167. The van der Waals surface area contributed by atoms with Crippen molar-refractivity contribution in [3.63, 3.8) is 0 Å². The third-order valence-electron chi connectivity index (χ3n) is 2.44. The van der Waals surface area contributed by atoms with Crippen LogP contribution in [0.1, 0.15) is 5.56 Å². The van der Waals surface area contributed by atoms with Gasteiger partial charge in [0.2, 0.25) is 5.91 Å². The van der Waals surface area contributed by atoms with Gasteiger partial charge in [0.15, 0.2) is 0 Å². The van der Waals surface area contributed by atoms with Crippen LogP contribution in [0, 0.1) is 0 Å². The topological polar surface area (TPSA) is 83.8 Å². The first-order chi connectivity index (χ1) is 8.29. The molecule has 0 fully saturated rings. The number of benzene rings is 1. The number of hydrogen-bond donors (Lipinski definition) is 3. The fourth-order valence-electron chi connectivity index (χ4n) is 1.49. The van der Waals surface area contributed by atoms with E-state index in [1.54, 1.807) is 6.20 Å². The molecular formula is C12H14N4O. The third-order valence-corrected chi connectivity index (χ3v) is 2.44. The van der Waals surface area contributed by atoms with Crippen LogP contribution in [0.2, 0.25) is 0 Å². The van der Waals surface area contributed by atoms with Gasteiger partial charge in [0.25, 0.3) is 0 Å². The summed E-state index contributed by atoms with van der Waals surface area (Å²) in [5.41, 5.74) is 8.28. The van der Waals surface area contributed by atoms with Crippen molar-refractivity contribution in [2.24, 2.45) is 5.73 Å². The minimum atomic E-state index is -0.150. The molecule has 0 aliphatic heterocycles. The lowest BCUT2D eigenvalue weighted by Gasteiger charge is -2.04. The van der Waals surface area contributed by atoms with E-state index in [2.05, 4.69) is 15.5 Å². The lowest BCUT2D eigenvalue weighted by Crippen LogP contribution is -2.29. The number of nitrogens with zero attached hydrogens (tertiary/aromatic N) is 1. The van der Waals surface area contributed by atoms with Gasteiger partial charge >= 0.3 is 0 Å². The maximum atomic E-state index is 11.0. The standard InChI is InChI=1S/C12H14N4O/c13-7-12(17)14-8-9-1-3-10(4-2-9)11-5-6-15-16-11/h1-6H,7-8,13H2,(H,14,17)(H,15,16). The van der Waals surface area contributed by atoms with Crippen molar-refractivity contribution in [1.29, 1.82) is 0 Å². The first-order valence-electron chi connectivity index (χ1n) is 5.35. The van der Waals surface area contributed by atoms with Gasteiger partial charge in [-0.25, -0.2) is 0 Å². The average molecular weight is 230 g/mol. The molecule has 0 radical (unpaired) electrons. The minimum Gasteiger partial charge on any atom is -0.351 e. The number of nitrogens with two attached hydrogens (primary N) is 1. The van der Waals surface area contributed by atoms with Crippen LogP contribution in [0.25, 0.3) is 11.3 Å². The molecule has 4 N–H and O–H groups in total. The van der Waals surface area contributed by atoms with Crippen LogP contribution < -0.4 is 11.1 Å². The largest absolute Gasteiger partial charge is 0.351 e. The molecule has 0 saturated carbocycles. The average Bonchev–Trinajstić information content (AvgIpc) is 2.90. The van der Waals surface area contributed by atoms with Gasteiger partial charge < -0.3 is 11.1 Å². The highest BCUT2D eigenvalue weighted by molar-refractivity contribution is 5.77. The van der Waals surface area contributed by atoms with Gasteiger partial charge in [0.05, 0.1) is 12.2 Å². The van der Waals surface area contributed by atoms with Crippen LogP contribution in [0.3, 0.4) is 0 Å². The Kier molecular flexibility index (Phi) is 3.52. The molecular weight excluding hydrogens is 216 g/mol. The van der Waals surface area contributed by atoms with E-state index in [-0.39, 0.29) is 12.5 Å². The number of nitrogens with one attached hydrogen (secondary N) is 2. The summed E-state index contributed by atoms with van der Waals surface area (Å²) in [6, 6.07) is 9.81. The van der Waals surface area contributed by atoms with Gasteiger partial charge in [-0.15, -0.1) is 0 Å². The zero-order chi connectivity index (χ0) is 12.1. The van der Waals surface area contributed by atoms with Crippen LogP contribution in [0.4, 0.5) is 0 Å². The Bertz CT molecular complexity index is 476. The summed E-state index contributed by atoms with van der Waals surface area (Å²) in [6.45, 7) is 0.519. The Morgan fingerprint density at radius 1 is 1.29 bits per heavy atom. The van der Waals surface area contributed by atoms with Crippen molar-refractivity contribution in [3.8, 4) is 11.3 Å². The highest BCUT2D eigenvalue weighted by Crippen LogP contribution is 2.16. The molecule has 1 aromatic heterocycles. The van der Waals surface area contributed by atoms with Crippen LogP contribution in [-0.4, -0.2) is 22.6 Å². The highest BCUT2D eigenvalue weighted by atomic mass is 16.1. The van der Waals surface area contributed by atoms with E-state index in [1.165, 1.54) is 0 Å². The van der Waals surface area contributed by atoms with Gasteiger partial charge in [-0.05, 0) is 17.2 Å². The van der Waals surface area contributed by atoms with Crippen molar-refractivity contribution in [3.05, 3.63) is 42.1 Å². The molecule has 2 aromatic rings. The van der Waals surface area contributed by atoms with Gasteiger partial charge in [-0.2, -0.15) is 5.10 Å². The molecule has 0 spiro atoms. The Morgan fingerprint density at radius 3 is 2.65 bits per heavy atom. The summed E-state index contributed by atoms with van der Waals surface area (Å²) >= 11 is 0. The maximum Gasteiger partial charge on any atom is 0.234 e. The second-order valence-corrected chi connectivity index (χ2v) is 3.65. The van der Waals surface area contributed by atoms with Crippen LogP contribution in [0.15, 0.2) is 36.5 Å².